The number of carboxylic acids is 1. The summed E-state index contributed by atoms with van der Waals surface area (Å²) in [5.74, 6) is -1.32. The highest BCUT2D eigenvalue weighted by atomic mass is 32.1. The maximum atomic E-state index is 13.0. The van der Waals surface area contributed by atoms with Crippen molar-refractivity contribution in [2.24, 2.45) is 12.0 Å². The molecule has 28 heavy (non-hydrogen) atoms. The fourth-order valence-corrected chi connectivity index (χ4v) is 4.56. The largest absolute Gasteiger partial charge is 0.480 e. The average molecular weight is 393 g/mol. The molecule has 2 aromatic heterocycles. The third-order valence-electron chi connectivity index (χ3n) is 4.84. The number of carbonyl (C=O) groups excluding carboxylic acids is 1. The smallest absolute Gasteiger partial charge is 0.326 e. The van der Waals surface area contributed by atoms with Crippen molar-refractivity contribution in [1.29, 1.82) is 0 Å². The first kappa shape index (κ1) is 18.2. The van der Waals surface area contributed by atoms with Gasteiger partial charge in [0, 0.05) is 24.1 Å². The zero-order chi connectivity index (χ0) is 19.8. The molecule has 0 spiro atoms. The Bertz CT molecular complexity index is 1280. The Kier molecular flexibility index (Phi) is 4.60. The average Bonchev–Trinajstić information content (AvgIpc) is 3.21. The van der Waals surface area contributed by atoms with Crippen LogP contribution in [0.2, 0.25) is 0 Å². The second-order valence-corrected chi connectivity index (χ2v) is 7.58. The first-order chi connectivity index (χ1) is 13.5. The van der Waals surface area contributed by atoms with E-state index in [0.29, 0.717) is 16.8 Å². The number of rotatable bonds is 4. The molecule has 0 saturated heterocycles. The molecule has 1 unspecified atom stereocenters. The summed E-state index contributed by atoms with van der Waals surface area (Å²) in [6.45, 7) is 1.81. The number of hydrogen-bond donors (Lipinski definition) is 1. The lowest BCUT2D eigenvalue weighted by Crippen LogP contribution is -2.27. The Hall–Kier alpha value is -3.19. The van der Waals surface area contributed by atoms with Crippen molar-refractivity contribution >= 4 is 44.3 Å². The molecule has 0 bridgehead atoms. The summed E-state index contributed by atoms with van der Waals surface area (Å²) < 4.78 is 4.45. The number of amides is 1. The summed E-state index contributed by atoms with van der Waals surface area (Å²) in [7, 11) is 1.89. The van der Waals surface area contributed by atoms with Gasteiger partial charge in [0.15, 0.2) is 4.80 Å². The molecule has 1 atom stereocenters. The van der Waals surface area contributed by atoms with E-state index in [9.17, 15) is 14.7 Å². The van der Waals surface area contributed by atoms with Gasteiger partial charge in [-0.15, -0.1) is 0 Å². The van der Waals surface area contributed by atoms with Gasteiger partial charge in [-0.25, -0.2) is 4.79 Å². The van der Waals surface area contributed by atoms with Crippen LogP contribution in [0.15, 0.2) is 59.7 Å². The van der Waals surface area contributed by atoms with Crippen LogP contribution in [0.1, 0.15) is 29.7 Å². The van der Waals surface area contributed by atoms with Crippen molar-refractivity contribution in [2.45, 2.75) is 19.4 Å². The number of benzene rings is 2. The van der Waals surface area contributed by atoms with Gasteiger partial charge < -0.3 is 14.2 Å². The minimum Gasteiger partial charge on any atom is -0.480 e. The minimum absolute atomic E-state index is 0.377. The zero-order valence-corrected chi connectivity index (χ0v) is 16.3. The van der Waals surface area contributed by atoms with Crippen LogP contribution < -0.4 is 4.80 Å². The summed E-state index contributed by atoms with van der Waals surface area (Å²) >= 11 is 1.33. The minimum atomic E-state index is -0.940. The molecule has 4 aromatic rings. The van der Waals surface area contributed by atoms with Crippen LogP contribution in [0, 0.1) is 0 Å². The van der Waals surface area contributed by atoms with Crippen molar-refractivity contribution in [3.63, 3.8) is 0 Å². The number of fused-ring (bicyclic) bond motifs is 2. The molecule has 0 radical (unpaired) electrons. The number of carboxylic acid groups (broad SMARTS) is 1. The van der Waals surface area contributed by atoms with E-state index in [0.717, 1.165) is 21.1 Å². The molecule has 0 aliphatic carbocycles. The molecule has 0 fully saturated rings. The molecule has 4 rings (SSSR count). The summed E-state index contributed by atoms with van der Waals surface area (Å²) in [6, 6.07) is 14.4. The summed E-state index contributed by atoms with van der Waals surface area (Å²) in [4.78, 5) is 29.6. The fraction of sp³-hybridized carbons (Fsp3) is 0.190. The normalized spacial score (nSPS) is 13.3. The third-order valence-corrected chi connectivity index (χ3v) is 5.88. The lowest BCUT2D eigenvalue weighted by molar-refractivity contribution is -0.140. The van der Waals surface area contributed by atoms with Crippen LogP contribution in [0.25, 0.3) is 21.1 Å². The number of aryl methyl sites for hydroxylation is 1. The standard InChI is InChI=1S/C21H19N3O3S/c1-3-15(20(26)27)24-17-10-6-7-11-18(17)28-21(24)22-19(25)14-12-23(2)16-9-5-4-8-13(14)16/h4-12,15H,3H2,1-2H3,(H,26,27). The van der Waals surface area contributed by atoms with Gasteiger partial charge in [-0.3, -0.25) is 4.79 Å². The Morgan fingerprint density at radius 3 is 2.50 bits per heavy atom. The maximum Gasteiger partial charge on any atom is 0.326 e. The number of carbonyl (C=O) groups is 2. The van der Waals surface area contributed by atoms with Crippen molar-refractivity contribution in [2.75, 3.05) is 0 Å². The summed E-state index contributed by atoms with van der Waals surface area (Å²) in [6.07, 6.45) is 2.16. The SMILES string of the molecule is CCC(C(=O)O)n1c(=NC(=O)c2cn(C)c3ccccc23)sc2ccccc21. The topological polar surface area (TPSA) is 76.6 Å². The Balaban J connectivity index is 1.94. The predicted octanol–water partition coefficient (Wildman–Crippen LogP) is 3.97. The lowest BCUT2D eigenvalue weighted by Gasteiger charge is -2.13. The van der Waals surface area contributed by atoms with Crippen LogP contribution in [-0.4, -0.2) is 26.1 Å². The lowest BCUT2D eigenvalue weighted by atomic mass is 10.2. The fourth-order valence-electron chi connectivity index (χ4n) is 3.50. The highest BCUT2D eigenvalue weighted by Crippen LogP contribution is 2.24. The Labute approximate surface area is 165 Å². The predicted molar refractivity (Wildman–Crippen MR) is 110 cm³/mol. The van der Waals surface area contributed by atoms with Gasteiger partial charge in [0.2, 0.25) is 0 Å². The van der Waals surface area contributed by atoms with E-state index in [1.54, 1.807) is 10.8 Å². The van der Waals surface area contributed by atoms with Crippen molar-refractivity contribution in [3.05, 3.63) is 65.1 Å². The third kappa shape index (κ3) is 2.93. The van der Waals surface area contributed by atoms with E-state index in [-0.39, 0.29) is 5.91 Å². The van der Waals surface area contributed by atoms with E-state index in [1.807, 2.05) is 67.1 Å². The maximum absolute atomic E-state index is 13.0. The second kappa shape index (κ2) is 7.09. The van der Waals surface area contributed by atoms with Gasteiger partial charge in [0.05, 0.1) is 15.8 Å². The molecule has 0 aliphatic rings. The van der Waals surface area contributed by atoms with Crippen LogP contribution in [0.5, 0.6) is 0 Å². The molecule has 1 amide bonds. The zero-order valence-electron chi connectivity index (χ0n) is 15.5. The number of para-hydroxylation sites is 2. The molecule has 1 N–H and O–H groups in total. The van der Waals surface area contributed by atoms with Gasteiger partial charge in [0.25, 0.3) is 5.91 Å². The van der Waals surface area contributed by atoms with Crippen LogP contribution in [0.3, 0.4) is 0 Å². The van der Waals surface area contributed by atoms with Gasteiger partial charge in [-0.1, -0.05) is 48.6 Å². The van der Waals surface area contributed by atoms with E-state index in [2.05, 4.69) is 4.99 Å². The van der Waals surface area contributed by atoms with E-state index >= 15 is 0 Å². The van der Waals surface area contributed by atoms with Gasteiger partial charge in [-0.05, 0) is 24.6 Å². The monoisotopic (exact) mass is 393 g/mol. The van der Waals surface area contributed by atoms with E-state index in [4.69, 9.17) is 0 Å². The van der Waals surface area contributed by atoms with Crippen LogP contribution in [-0.2, 0) is 11.8 Å². The number of nitrogens with zero attached hydrogens (tertiary/aromatic N) is 3. The Morgan fingerprint density at radius 2 is 1.79 bits per heavy atom. The van der Waals surface area contributed by atoms with Gasteiger partial charge >= 0.3 is 5.97 Å². The van der Waals surface area contributed by atoms with E-state index in [1.165, 1.54) is 11.3 Å². The first-order valence-corrected chi connectivity index (χ1v) is 9.79. The molecule has 6 nitrogen and oxygen atoms in total. The van der Waals surface area contributed by atoms with Crippen LogP contribution in [0.4, 0.5) is 0 Å². The molecular weight excluding hydrogens is 374 g/mol. The Morgan fingerprint density at radius 1 is 1.11 bits per heavy atom. The molecule has 0 aliphatic heterocycles. The van der Waals surface area contributed by atoms with Crippen molar-refractivity contribution in [1.82, 2.24) is 9.13 Å². The number of aromatic nitrogens is 2. The van der Waals surface area contributed by atoms with Crippen molar-refractivity contribution < 1.29 is 14.7 Å². The quantitative estimate of drug-likeness (QED) is 0.570. The number of thiazole rings is 1. The number of aliphatic carboxylic acids is 1. The highest BCUT2D eigenvalue weighted by Gasteiger charge is 2.22. The molecule has 2 aromatic carbocycles. The molecular formula is C21H19N3O3S. The van der Waals surface area contributed by atoms with Gasteiger partial charge in [-0.2, -0.15) is 4.99 Å². The molecule has 2 heterocycles. The van der Waals surface area contributed by atoms with Crippen molar-refractivity contribution in [3.8, 4) is 0 Å². The molecule has 7 heteroatoms. The van der Waals surface area contributed by atoms with Gasteiger partial charge in [0.1, 0.15) is 6.04 Å². The summed E-state index contributed by atoms with van der Waals surface area (Å²) in [5.41, 5.74) is 2.22. The molecule has 142 valence electrons. The number of hydrogen-bond acceptors (Lipinski definition) is 3. The molecule has 0 saturated carbocycles. The van der Waals surface area contributed by atoms with E-state index < -0.39 is 12.0 Å². The summed E-state index contributed by atoms with van der Waals surface area (Å²) in [5, 5.41) is 10.5. The van der Waals surface area contributed by atoms with Crippen LogP contribution >= 0.6 is 11.3 Å². The highest BCUT2D eigenvalue weighted by molar-refractivity contribution is 7.16. The second-order valence-electron chi connectivity index (χ2n) is 6.57. The first-order valence-electron chi connectivity index (χ1n) is 8.97.